The van der Waals surface area contributed by atoms with E-state index in [-0.39, 0.29) is 34.4 Å². The van der Waals surface area contributed by atoms with E-state index in [1.165, 1.54) is 6.07 Å². The van der Waals surface area contributed by atoms with Gasteiger partial charge >= 0.3 is 5.76 Å². The molecule has 0 radical (unpaired) electrons. The molecular weight excluding hydrogens is 589 g/mol. The molecule has 1 amide bonds. The average molecular weight is 629 g/mol. The van der Waals surface area contributed by atoms with Crippen LogP contribution in [0.3, 0.4) is 0 Å². The largest absolute Gasteiger partial charge is 0.489 e. The van der Waals surface area contributed by atoms with Gasteiger partial charge < -0.3 is 18.8 Å². The second kappa shape index (κ2) is 15.1. The fraction of sp³-hybridized carbons (Fsp3) is 0.500. The Balaban J connectivity index is 0.000000290. The molecule has 0 aliphatic carbocycles. The molecule has 1 aromatic heterocycles. The number of aromatic nitrogens is 2. The second-order valence-electron chi connectivity index (χ2n) is 10.9. The summed E-state index contributed by atoms with van der Waals surface area (Å²) in [4.78, 5) is 26.0. The molecule has 1 unspecified atom stereocenters. The maximum atomic E-state index is 12.2. The summed E-state index contributed by atoms with van der Waals surface area (Å²) < 4.78 is 17.1. The molecule has 0 spiro atoms. The van der Waals surface area contributed by atoms with Gasteiger partial charge in [0.15, 0.2) is 0 Å². The fourth-order valence-corrected chi connectivity index (χ4v) is 4.72. The molecule has 3 aromatic rings. The lowest BCUT2D eigenvalue weighted by atomic mass is 9.97. The van der Waals surface area contributed by atoms with Crippen LogP contribution in [-0.2, 0) is 21.4 Å². The number of ether oxygens (including phenoxy) is 2. The third-order valence-electron chi connectivity index (χ3n) is 5.96. The molecule has 0 bridgehead atoms. The molecule has 0 aliphatic rings. The predicted molar refractivity (Wildman–Crippen MR) is 167 cm³/mol. The molecule has 2 aromatic carbocycles. The van der Waals surface area contributed by atoms with E-state index < -0.39 is 5.76 Å². The topological polar surface area (TPSA) is 86.8 Å². The molecule has 41 heavy (non-hydrogen) atoms. The summed E-state index contributed by atoms with van der Waals surface area (Å²) in [5.41, 5.74) is 3.19. The Morgan fingerprint density at radius 2 is 1.80 bits per heavy atom. The number of alkyl halides is 1. The first-order chi connectivity index (χ1) is 19.2. The number of hydrogen-bond donors (Lipinski definition) is 0. The molecule has 1 atom stereocenters. The van der Waals surface area contributed by atoms with Crippen LogP contribution >= 0.6 is 34.8 Å². The summed E-state index contributed by atoms with van der Waals surface area (Å²) in [5.74, 6) is 0.0453. The van der Waals surface area contributed by atoms with Crippen molar-refractivity contribution in [3.05, 3.63) is 67.9 Å². The van der Waals surface area contributed by atoms with Gasteiger partial charge in [0.25, 0.3) is 0 Å². The number of hydrogen-bond acceptors (Lipinski definition) is 6. The van der Waals surface area contributed by atoms with Gasteiger partial charge in [-0.25, -0.2) is 4.79 Å². The zero-order valence-corrected chi connectivity index (χ0v) is 27.4. The van der Waals surface area contributed by atoms with Crippen LogP contribution in [0.1, 0.15) is 65.5 Å². The van der Waals surface area contributed by atoms with Gasteiger partial charge in [-0.3, -0.25) is 4.79 Å². The molecule has 11 heteroatoms. The Bertz CT molecular complexity index is 1380. The van der Waals surface area contributed by atoms with Crippen molar-refractivity contribution >= 4 is 46.4 Å². The first-order valence-corrected chi connectivity index (χ1v) is 14.7. The number of methoxy groups -OCH3 is 1. The maximum absolute atomic E-state index is 12.2. The number of benzene rings is 2. The zero-order valence-electron chi connectivity index (χ0n) is 25.2. The SMILES string of the molecule is CC(C)Oc1cc(-n2nc(C(C)(C)C)oc2=O)c(Cl)cc1Cl.CCc1cccc(C)c1N(C(=O)CCl)C(C)COC. The predicted octanol–water partition coefficient (Wildman–Crippen LogP) is 7.38. The van der Waals surface area contributed by atoms with Crippen molar-refractivity contribution in [3.63, 3.8) is 0 Å². The van der Waals surface area contributed by atoms with Gasteiger partial charge in [-0.1, -0.05) is 69.1 Å². The van der Waals surface area contributed by atoms with E-state index >= 15 is 0 Å². The molecule has 0 aliphatic heterocycles. The lowest BCUT2D eigenvalue weighted by molar-refractivity contribution is -0.116. The fourth-order valence-electron chi connectivity index (χ4n) is 4.08. The number of aryl methyl sites for hydroxylation is 2. The number of anilines is 1. The Morgan fingerprint density at radius 1 is 1.15 bits per heavy atom. The number of carbonyl (C=O) groups excluding carboxylic acids is 1. The molecule has 226 valence electrons. The Morgan fingerprint density at radius 3 is 2.32 bits per heavy atom. The number of carbonyl (C=O) groups is 1. The Hall–Kier alpha value is -2.52. The van der Waals surface area contributed by atoms with E-state index in [1.54, 1.807) is 18.1 Å². The van der Waals surface area contributed by atoms with Crippen molar-refractivity contribution in [1.82, 2.24) is 9.78 Å². The number of halogens is 3. The third kappa shape index (κ3) is 8.98. The quantitative estimate of drug-likeness (QED) is 0.230. The van der Waals surface area contributed by atoms with Gasteiger partial charge in [0.2, 0.25) is 11.8 Å². The highest BCUT2D eigenvalue weighted by atomic mass is 35.5. The summed E-state index contributed by atoms with van der Waals surface area (Å²) in [7, 11) is 1.64. The van der Waals surface area contributed by atoms with E-state index in [4.69, 9.17) is 48.7 Å². The van der Waals surface area contributed by atoms with Gasteiger partial charge in [-0.05, 0) is 51.3 Å². The van der Waals surface area contributed by atoms with Gasteiger partial charge in [-0.15, -0.1) is 16.7 Å². The molecule has 0 N–H and O–H groups in total. The van der Waals surface area contributed by atoms with Crippen LogP contribution in [0.2, 0.25) is 10.0 Å². The third-order valence-corrected chi connectivity index (χ3v) is 6.78. The molecule has 0 saturated heterocycles. The average Bonchev–Trinajstić information content (AvgIpc) is 3.28. The van der Waals surface area contributed by atoms with Gasteiger partial charge in [0.05, 0.1) is 40.2 Å². The summed E-state index contributed by atoms with van der Waals surface area (Å²) in [6.45, 7) is 16.0. The van der Waals surface area contributed by atoms with E-state index in [2.05, 4.69) is 18.1 Å². The van der Waals surface area contributed by atoms with Crippen LogP contribution in [0, 0.1) is 6.92 Å². The standard InChI is InChI=1S/C15H18Cl2N2O3.C15H22ClNO2/c1-8(2)21-12-7-11(9(16)6-10(12)17)19-14(20)22-13(18-19)15(3,4)5;1-5-13-8-6-7-11(2)15(13)17(14(18)9-16)12(3)10-19-4/h6-8H,1-5H3;6-8,12H,5,9-10H2,1-4H3. The summed E-state index contributed by atoms with van der Waals surface area (Å²) in [6.07, 6.45) is 0.814. The van der Waals surface area contributed by atoms with Gasteiger partial charge in [0, 0.05) is 18.6 Å². The summed E-state index contributed by atoms with van der Waals surface area (Å²) in [6, 6.07) is 9.15. The van der Waals surface area contributed by atoms with E-state index in [0.29, 0.717) is 29.0 Å². The lowest BCUT2D eigenvalue weighted by Gasteiger charge is -2.31. The highest BCUT2D eigenvalue weighted by Crippen LogP contribution is 2.33. The van der Waals surface area contributed by atoms with Crippen molar-refractivity contribution in [2.75, 3.05) is 24.5 Å². The first kappa shape index (κ1) is 34.7. The second-order valence-corrected chi connectivity index (χ2v) is 12.0. The monoisotopic (exact) mass is 627 g/mol. The van der Waals surface area contributed by atoms with Gasteiger partial charge in [0.1, 0.15) is 11.6 Å². The van der Waals surface area contributed by atoms with Crippen LogP contribution in [0.25, 0.3) is 5.69 Å². The molecular formula is C30H40Cl3N3O5. The molecule has 8 nitrogen and oxygen atoms in total. The van der Waals surface area contributed by atoms with Crippen molar-refractivity contribution in [2.24, 2.45) is 0 Å². The van der Waals surface area contributed by atoms with Crippen molar-refractivity contribution in [3.8, 4) is 11.4 Å². The summed E-state index contributed by atoms with van der Waals surface area (Å²) in [5, 5.41) is 4.88. The number of amides is 1. The van der Waals surface area contributed by atoms with Gasteiger partial charge in [-0.2, -0.15) is 4.68 Å². The molecule has 3 rings (SSSR count). The summed E-state index contributed by atoms with van der Waals surface area (Å²) >= 11 is 18.1. The Kier molecular flexibility index (Phi) is 12.8. The smallest absolute Gasteiger partial charge is 0.442 e. The minimum atomic E-state index is -0.607. The van der Waals surface area contributed by atoms with E-state index in [0.717, 1.165) is 27.9 Å². The van der Waals surface area contributed by atoms with Crippen LogP contribution in [0.4, 0.5) is 5.69 Å². The molecule has 1 heterocycles. The molecule has 0 fully saturated rings. The lowest BCUT2D eigenvalue weighted by Crippen LogP contribution is -2.43. The van der Waals surface area contributed by atoms with Crippen molar-refractivity contribution in [2.45, 2.75) is 79.4 Å². The van der Waals surface area contributed by atoms with Crippen molar-refractivity contribution < 1.29 is 18.7 Å². The molecule has 0 saturated carbocycles. The minimum absolute atomic E-state index is 0.0223. The number of nitrogens with zero attached hydrogens (tertiary/aromatic N) is 3. The van der Waals surface area contributed by atoms with Crippen LogP contribution in [-0.4, -0.2) is 47.4 Å². The van der Waals surface area contributed by atoms with Crippen LogP contribution in [0.5, 0.6) is 5.75 Å². The highest BCUT2D eigenvalue weighted by molar-refractivity contribution is 6.36. The number of rotatable bonds is 9. The minimum Gasteiger partial charge on any atom is -0.489 e. The van der Waals surface area contributed by atoms with Crippen LogP contribution in [0.15, 0.2) is 39.5 Å². The first-order valence-electron chi connectivity index (χ1n) is 13.4. The van der Waals surface area contributed by atoms with E-state index in [9.17, 15) is 9.59 Å². The highest BCUT2D eigenvalue weighted by Gasteiger charge is 2.25. The normalized spacial score (nSPS) is 12.1. The van der Waals surface area contributed by atoms with Crippen molar-refractivity contribution in [1.29, 1.82) is 0 Å². The van der Waals surface area contributed by atoms with Crippen LogP contribution < -0.4 is 15.4 Å². The number of para-hydroxylation sites is 1. The van der Waals surface area contributed by atoms with E-state index in [1.807, 2.05) is 60.6 Å². The zero-order chi connectivity index (χ0) is 31.1. The maximum Gasteiger partial charge on any atom is 0.442 e. The Labute approximate surface area is 257 Å².